The van der Waals surface area contributed by atoms with Crippen LogP contribution in [0.1, 0.15) is 55.5 Å². The highest BCUT2D eigenvalue weighted by molar-refractivity contribution is 9.10. The average molecular weight is 1030 g/mol. The van der Waals surface area contributed by atoms with E-state index in [9.17, 15) is 18.4 Å². The maximum absolute atomic E-state index is 14.1. The average Bonchev–Trinajstić information content (AvgIpc) is 3.36. The molecule has 71 heavy (non-hydrogen) atoms. The van der Waals surface area contributed by atoms with E-state index in [1.165, 1.54) is 23.8 Å². The first-order valence-corrected chi connectivity index (χ1v) is 23.7. The molecule has 0 bridgehead atoms. The van der Waals surface area contributed by atoms with E-state index in [4.69, 9.17) is 31.1 Å². The zero-order valence-corrected chi connectivity index (χ0v) is 42.5. The third-order valence-corrected chi connectivity index (χ3v) is 10.7. The quantitative estimate of drug-likeness (QED) is 0.0385. The fourth-order valence-electron chi connectivity index (χ4n) is 6.08. The van der Waals surface area contributed by atoms with E-state index in [-0.39, 0.29) is 49.0 Å². The van der Waals surface area contributed by atoms with Gasteiger partial charge >= 0.3 is 0 Å². The summed E-state index contributed by atoms with van der Waals surface area (Å²) in [7, 11) is 0. The largest absolute Gasteiger partial charge is 0.396 e. The van der Waals surface area contributed by atoms with Crippen LogP contribution in [-0.4, -0.2) is 51.1 Å². The van der Waals surface area contributed by atoms with Gasteiger partial charge in [-0.15, -0.1) is 6.42 Å². The van der Waals surface area contributed by atoms with Crippen LogP contribution in [0.2, 0.25) is 0 Å². The van der Waals surface area contributed by atoms with Crippen LogP contribution in [0.25, 0.3) is 0 Å². The molecule has 0 aliphatic heterocycles. The molecule has 372 valence electrons. The van der Waals surface area contributed by atoms with E-state index in [1.54, 1.807) is 6.07 Å². The van der Waals surface area contributed by atoms with Crippen molar-refractivity contribution in [3.63, 3.8) is 0 Å². The summed E-state index contributed by atoms with van der Waals surface area (Å²) in [4.78, 5) is 24.0. The Morgan fingerprint density at radius 1 is 0.606 bits per heavy atom. The molecule has 6 rings (SSSR count). The van der Waals surface area contributed by atoms with Gasteiger partial charge in [-0.05, 0) is 71.9 Å². The Morgan fingerprint density at radius 3 is 1.44 bits per heavy atom. The van der Waals surface area contributed by atoms with Crippen molar-refractivity contribution in [3.05, 3.63) is 190 Å². The molecule has 0 aromatic heterocycles. The standard InChI is InChI=1S/C29H31FN2O3.C16H16BrFN2O2.C13H16O/c1-29(2,21-35-19-23-11-7-4-8-12-23)14-13-24-15-27(31)26(30)16-28(24)32-17-25(33)20-34-18-22-9-5-3-6-10-22;17-13-6-15(19)14(18)7-16(13)20-8-12(21)10-22-9-11-4-2-1-3-5-11;1-4-13(2,3)11-14-10-12-8-6-5-7-9-12/h3-12,15-16,32H,17-21,31H2,1-2H3;1-7,20H,8-10,19H2;1,5-9H,10-11H2,2-3H3/p+1. The van der Waals surface area contributed by atoms with Gasteiger partial charge in [0.15, 0.2) is 23.1 Å². The van der Waals surface area contributed by atoms with Crippen LogP contribution in [0.15, 0.2) is 150 Å². The molecule has 0 aliphatic carbocycles. The number of carbonyl (C=O) groups is 2. The first kappa shape index (κ1) is 56.9. The zero-order chi connectivity index (χ0) is 51.5. The fraction of sp³-hybridized carbons (Fsp3) is 0.276. The summed E-state index contributed by atoms with van der Waals surface area (Å²) in [6, 6.07) is 44.8. The second-order valence-corrected chi connectivity index (χ2v) is 18.6. The van der Waals surface area contributed by atoms with Gasteiger partial charge in [-0.25, -0.2) is 8.78 Å². The van der Waals surface area contributed by atoms with E-state index in [0.29, 0.717) is 66.7 Å². The molecule has 7 N–H and O–H groups in total. The van der Waals surface area contributed by atoms with Crippen LogP contribution in [-0.2, 0) is 55.0 Å². The number of nitrogen functional groups attached to an aromatic ring is 1. The lowest BCUT2D eigenvalue weighted by Gasteiger charge is -2.18. The number of carbonyl (C=O) groups excluding carboxylic acids is 2. The third kappa shape index (κ3) is 22.7. The van der Waals surface area contributed by atoms with Crippen molar-refractivity contribution in [2.45, 2.75) is 54.1 Å². The molecule has 0 radical (unpaired) electrons. The van der Waals surface area contributed by atoms with E-state index >= 15 is 0 Å². The summed E-state index contributed by atoms with van der Waals surface area (Å²) < 4.78 is 50.4. The number of rotatable bonds is 22. The molecule has 10 nitrogen and oxygen atoms in total. The van der Waals surface area contributed by atoms with Crippen molar-refractivity contribution < 1.29 is 43.1 Å². The van der Waals surface area contributed by atoms with Crippen molar-refractivity contribution in [2.75, 3.05) is 55.9 Å². The first-order chi connectivity index (χ1) is 34.0. The van der Waals surface area contributed by atoms with E-state index in [1.807, 2.05) is 149 Å². The summed E-state index contributed by atoms with van der Waals surface area (Å²) in [5, 5.41) is 5.86. The van der Waals surface area contributed by atoms with E-state index in [2.05, 4.69) is 50.1 Å². The molecular weight excluding hydrogens is 967 g/mol. The fourth-order valence-corrected chi connectivity index (χ4v) is 6.61. The number of nitrogens with two attached hydrogens (primary N) is 1. The monoisotopic (exact) mass is 1030 g/mol. The summed E-state index contributed by atoms with van der Waals surface area (Å²) in [6.07, 6.45) is 5.36. The number of terminal acetylenes is 1. The molecule has 0 spiro atoms. The van der Waals surface area contributed by atoms with Gasteiger partial charge < -0.3 is 41.0 Å². The van der Waals surface area contributed by atoms with Crippen LogP contribution in [0, 0.1) is 46.6 Å². The second kappa shape index (κ2) is 30.1. The Hall–Kier alpha value is -6.68. The minimum Gasteiger partial charge on any atom is -0.396 e. The Morgan fingerprint density at radius 2 is 1.00 bits per heavy atom. The second-order valence-electron chi connectivity index (χ2n) is 17.7. The maximum Gasteiger partial charge on any atom is 0.185 e. The highest BCUT2D eigenvalue weighted by Crippen LogP contribution is 2.27. The molecule has 6 aromatic rings. The van der Waals surface area contributed by atoms with Gasteiger partial charge in [0.05, 0.1) is 69.8 Å². The normalized spacial score (nSPS) is 10.8. The molecular formula is C58H64BrF2N4O6+. The van der Waals surface area contributed by atoms with Gasteiger partial charge in [0.25, 0.3) is 0 Å². The van der Waals surface area contributed by atoms with Crippen molar-refractivity contribution >= 4 is 50.2 Å². The number of Topliss-reactive ketones (excluding diaryl/α,β-unsaturated/α-hetero) is 2. The Kier molecular flexibility index (Phi) is 24.2. The molecule has 0 saturated carbocycles. The van der Waals surface area contributed by atoms with Gasteiger partial charge in [-0.3, -0.25) is 9.59 Å². The van der Waals surface area contributed by atoms with Crippen LogP contribution >= 0.6 is 15.9 Å². The molecule has 0 atom stereocenters. The highest BCUT2D eigenvalue weighted by atomic mass is 79.9. The molecule has 0 fully saturated rings. The van der Waals surface area contributed by atoms with Crippen LogP contribution < -0.4 is 22.1 Å². The number of nitrogens with one attached hydrogen (secondary N) is 2. The minimum atomic E-state index is -0.573. The molecule has 13 heteroatoms. The number of benzene rings is 6. The topological polar surface area (TPSA) is 149 Å². The van der Waals surface area contributed by atoms with Gasteiger partial charge in [0.1, 0.15) is 19.0 Å². The molecule has 0 unspecified atom stereocenters. The van der Waals surface area contributed by atoms with Crippen LogP contribution in [0.3, 0.4) is 0 Å². The summed E-state index contributed by atoms with van der Waals surface area (Å²) >= 11 is 3.30. The Bertz CT molecular complexity index is 2670. The van der Waals surface area contributed by atoms with Crippen molar-refractivity contribution in [1.82, 2.24) is 0 Å². The lowest BCUT2D eigenvalue weighted by molar-refractivity contribution is -0.258. The predicted octanol–water partition coefficient (Wildman–Crippen LogP) is 10.7. The van der Waals surface area contributed by atoms with Gasteiger partial charge in [-0.2, -0.15) is 0 Å². The minimum absolute atomic E-state index is 0.00416. The molecule has 0 aliphatic rings. The molecule has 6 aromatic carbocycles. The highest BCUT2D eigenvalue weighted by Gasteiger charge is 2.17. The van der Waals surface area contributed by atoms with E-state index in [0.717, 1.165) is 16.7 Å². The first-order valence-electron chi connectivity index (χ1n) is 22.9. The third-order valence-electron chi connectivity index (χ3n) is 10.0. The van der Waals surface area contributed by atoms with Gasteiger partial charge in [0, 0.05) is 39.1 Å². The number of halogens is 3. The summed E-state index contributed by atoms with van der Waals surface area (Å²) in [5.74, 6) is 7.70. The number of quaternary nitrogens is 1. The maximum atomic E-state index is 14.1. The molecule has 0 saturated heterocycles. The lowest BCUT2D eigenvalue weighted by atomic mass is 9.95. The smallest absolute Gasteiger partial charge is 0.185 e. The zero-order valence-electron chi connectivity index (χ0n) is 40.9. The summed E-state index contributed by atoms with van der Waals surface area (Å²) in [5.41, 5.74) is 14.7. The Labute approximate surface area is 426 Å². The predicted molar refractivity (Wildman–Crippen MR) is 282 cm³/mol. The lowest BCUT2D eigenvalue weighted by Crippen LogP contribution is -2.41. The molecule has 0 amide bonds. The molecule has 0 heterocycles. The number of hydrogen-bond donors (Lipinski definition) is 4. The van der Waals surface area contributed by atoms with Crippen molar-refractivity contribution in [1.29, 1.82) is 0 Å². The number of ketones is 2. The SMILES string of the molecule is C#CC(C)(C)COCc1ccccc1.CC(C)(C#Cc1cc(N)c(F)cc1NCC(=O)COCc1ccccc1)COCc1ccccc1.[NH3+]c1cc(Br)c(NCC(=O)COCc2ccccc2)cc1F. The van der Waals surface area contributed by atoms with Crippen LogP contribution in [0.5, 0.6) is 0 Å². The van der Waals surface area contributed by atoms with Crippen LogP contribution in [0.4, 0.5) is 31.5 Å². The number of hydrogen-bond acceptors (Lipinski definition) is 9. The number of ether oxygens (including phenoxy) is 4. The Balaban J connectivity index is 0.000000258. The van der Waals surface area contributed by atoms with E-state index < -0.39 is 17.0 Å². The van der Waals surface area contributed by atoms with Crippen molar-refractivity contribution in [3.8, 4) is 24.2 Å². The van der Waals surface area contributed by atoms with Gasteiger partial charge in [0.2, 0.25) is 0 Å². The number of anilines is 3. The van der Waals surface area contributed by atoms with Crippen molar-refractivity contribution in [2.24, 2.45) is 10.8 Å². The van der Waals surface area contributed by atoms with Gasteiger partial charge in [-0.1, -0.05) is 139 Å². The summed E-state index contributed by atoms with van der Waals surface area (Å²) in [6.45, 7) is 10.8.